The molecule has 2 aromatic heterocycles. The highest BCUT2D eigenvalue weighted by atomic mass is 35.5. The van der Waals surface area contributed by atoms with Crippen molar-refractivity contribution >= 4 is 22.8 Å². The van der Waals surface area contributed by atoms with Crippen LogP contribution in [0, 0.1) is 6.92 Å². The molecular weight excluding hydrogens is 286 g/mol. The summed E-state index contributed by atoms with van der Waals surface area (Å²) in [6, 6.07) is 2.06. The quantitative estimate of drug-likeness (QED) is 0.567. The number of imidazole rings is 1. The summed E-state index contributed by atoms with van der Waals surface area (Å²) >= 11 is 6.27. The maximum absolute atomic E-state index is 6.27. The van der Waals surface area contributed by atoms with Gasteiger partial charge in [0.25, 0.3) is 0 Å². The summed E-state index contributed by atoms with van der Waals surface area (Å²) in [5.41, 5.74) is 2.97. The summed E-state index contributed by atoms with van der Waals surface area (Å²) in [7, 11) is 0. The number of ether oxygens (including phenoxy) is 1. The van der Waals surface area contributed by atoms with Crippen LogP contribution in [0.15, 0.2) is 12.3 Å². The van der Waals surface area contributed by atoms with Gasteiger partial charge >= 0.3 is 0 Å². The Morgan fingerprint density at radius 3 is 2.71 bits per heavy atom. The zero-order chi connectivity index (χ0) is 15.4. The molecule has 2 aromatic rings. The highest BCUT2D eigenvalue weighted by Crippen LogP contribution is 2.24. The zero-order valence-electron chi connectivity index (χ0n) is 13.3. The van der Waals surface area contributed by atoms with Gasteiger partial charge in [-0.15, -0.1) is 11.6 Å². The Morgan fingerprint density at radius 1 is 1.29 bits per heavy atom. The minimum atomic E-state index is -0.119. The van der Waals surface area contributed by atoms with Crippen LogP contribution < -0.4 is 0 Å². The number of hydrogen-bond acceptors (Lipinski definition) is 3. The van der Waals surface area contributed by atoms with E-state index in [2.05, 4.69) is 34.4 Å². The average molecular weight is 310 g/mol. The van der Waals surface area contributed by atoms with Crippen LogP contribution in [0.25, 0.3) is 11.2 Å². The first-order chi connectivity index (χ1) is 9.99. The minimum Gasteiger partial charge on any atom is -0.379 e. The predicted molar refractivity (Wildman–Crippen MR) is 86.9 cm³/mol. The Balaban J connectivity index is 2.11. The number of unbranched alkanes of at least 4 members (excludes halogenated alkanes) is 1. The number of aryl methyl sites for hydroxylation is 2. The Hall–Kier alpha value is -1.13. The van der Waals surface area contributed by atoms with Crippen molar-refractivity contribution in [3.05, 3.63) is 23.7 Å². The molecule has 0 N–H and O–H groups in total. The summed E-state index contributed by atoms with van der Waals surface area (Å²) in [6.07, 6.45) is 4.23. The van der Waals surface area contributed by atoms with E-state index in [0.29, 0.717) is 6.10 Å². The van der Waals surface area contributed by atoms with Gasteiger partial charge in [0.05, 0.1) is 11.5 Å². The van der Waals surface area contributed by atoms with Crippen LogP contribution in [0.5, 0.6) is 0 Å². The zero-order valence-corrected chi connectivity index (χ0v) is 14.0. The third-order valence-electron chi connectivity index (χ3n) is 3.33. The average Bonchev–Trinajstić information content (AvgIpc) is 2.76. The molecule has 0 aromatic carbocycles. The van der Waals surface area contributed by atoms with Crippen LogP contribution >= 0.6 is 11.6 Å². The fourth-order valence-corrected chi connectivity index (χ4v) is 2.51. The Kier molecular flexibility index (Phi) is 5.59. The van der Waals surface area contributed by atoms with Crippen LogP contribution in [0.4, 0.5) is 0 Å². The van der Waals surface area contributed by atoms with E-state index < -0.39 is 0 Å². The van der Waals surface area contributed by atoms with Crippen molar-refractivity contribution in [2.45, 2.75) is 58.6 Å². The number of pyridine rings is 1. The second-order valence-corrected chi connectivity index (χ2v) is 6.37. The Labute approximate surface area is 131 Å². The van der Waals surface area contributed by atoms with E-state index in [1.807, 2.05) is 20.0 Å². The lowest BCUT2D eigenvalue weighted by atomic mass is 10.3. The van der Waals surface area contributed by atoms with Gasteiger partial charge in [0.1, 0.15) is 11.3 Å². The van der Waals surface area contributed by atoms with Gasteiger partial charge in [0, 0.05) is 19.3 Å². The molecule has 0 saturated heterocycles. The third-order valence-corrected chi connectivity index (χ3v) is 3.53. The van der Waals surface area contributed by atoms with E-state index in [1.165, 1.54) is 0 Å². The molecule has 116 valence electrons. The summed E-state index contributed by atoms with van der Waals surface area (Å²) in [5, 5.41) is -0.119. The molecule has 0 spiro atoms. The van der Waals surface area contributed by atoms with Gasteiger partial charge < -0.3 is 9.30 Å². The topological polar surface area (TPSA) is 39.9 Å². The van der Waals surface area contributed by atoms with E-state index in [-0.39, 0.29) is 5.38 Å². The molecule has 1 atom stereocenters. The van der Waals surface area contributed by atoms with Crippen molar-refractivity contribution in [3.8, 4) is 0 Å². The number of alkyl halides is 1. The highest BCUT2D eigenvalue weighted by molar-refractivity contribution is 6.20. The van der Waals surface area contributed by atoms with Crippen molar-refractivity contribution in [2.75, 3.05) is 6.61 Å². The second kappa shape index (κ2) is 7.23. The summed E-state index contributed by atoms with van der Waals surface area (Å²) in [5.74, 6) is 0.898. The molecule has 0 bridgehead atoms. The molecule has 0 amide bonds. The molecule has 0 fully saturated rings. The lowest BCUT2D eigenvalue weighted by molar-refractivity contribution is 0.0754. The lowest BCUT2D eigenvalue weighted by Gasteiger charge is -2.11. The predicted octanol–water partition coefficient (Wildman–Crippen LogP) is 4.24. The van der Waals surface area contributed by atoms with Gasteiger partial charge in [-0.3, -0.25) is 0 Å². The maximum Gasteiger partial charge on any atom is 0.160 e. The van der Waals surface area contributed by atoms with Gasteiger partial charge in [0.2, 0.25) is 0 Å². The second-order valence-electron chi connectivity index (χ2n) is 5.72. The van der Waals surface area contributed by atoms with Gasteiger partial charge in [-0.1, -0.05) is 0 Å². The largest absolute Gasteiger partial charge is 0.379 e. The molecule has 0 saturated carbocycles. The third kappa shape index (κ3) is 4.17. The van der Waals surface area contributed by atoms with Crippen LogP contribution in [-0.4, -0.2) is 27.2 Å². The molecule has 2 rings (SSSR count). The number of nitrogens with zero attached hydrogens (tertiary/aromatic N) is 3. The van der Waals surface area contributed by atoms with E-state index in [9.17, 15) is 0 Å². The smallest absolute Gasteiger partial charge is 0.160 e. The first kappa shape index (κ1) is 16.2. The molecule has 0 aliphatic heterocycles. The Bertz CT molecular complexity index is 592. The van der Waals surface area contributed by atoms with Crippen LogP contribution in [0.1, 0.15) is 50.4 Å². The first-order valence-electron chi connectivity index (χ1n) is 7.57. The molecule has 1 unspecified atom stereocenters. The molecule has 5 heteroatoms. The molecule has 4 nitrogen and oxygen atoms in total. The standard InChI is InChI=1S/C16H24ClN3O/c1-11(2)21-8-6-5-7-20-15(13(4)17)19-14-9-12(3)10-18-16(14)20/h9-11,13H,5-8H2,1-4H3. The van der Waals surface area contributed by atoms with Crippen molar-refractivity contribution < 1.29 is 4.74 Å². The van der Waals surface area contributed by atoms with Crippen molar-refractivity contribution in [1.82, 2.24) is 14.5 Å². The summed E-state index contributed by atoms with van der Waals surface area (Å²) in [6.45, 7) is 9.77. The summed E-state index contributed by atoms with van der Waals surface area (Å²) in [4.78, 5) is 9.16. The van der Waals surface area contributed by atoms with Crippen LogP contribution in [-0.2, 0) is 11.3 Å². The fraction of sp³-hybridized carbons (Fsp3) is 0.625. The van der Waals surface area contributed by atoms with E-state index in [1.54, 1.807) is 0 Å². The normalized spacial score (nSPS) is 13.2. The maximum atomic E-state index is 6.27. The van der Waals surface area contributed by atoms with Gasteiger partial charge in [0.15, 0.2) is 5.65 Å². The molecule has 21 heavy (non-hydrogen) atoms. The molecule has 0 radical (unpaired) electrons. The van der Waals surface area contributed by atoms with Crippen molar-refractivity contribution in [2.24, 2.45) is 0 Å². The monoisotopic (exact) mass is 309 g/mol. The number of halogens is 1. The van der Waals surface area contributed by atoms with E-state index in [0.717, 1.165) is 48.5 Å². The summed E-state index contributed by atoms with van der Waals surface area (Å²) < 4.78 is 7.72. The fourth-order valence-electron chi connectivity index (χ4n) is 2.34. The molecule has 0 aliphatic rings. The molecule has 0 aliphatic carbocycles. The van der Waals surface area contributed by atoms with Crippen LogP contribution in [0.3, 0.4) is 0 Å². The van der Waals surface area contributed by atoms with Crippen LogP contribution in [0.2, 0.25) is 0 Å². The van der Waals surface area contributed by atoms with Crippen molar-refractivity contribution in [3.63, 3.8) is 0 Å². The number of hydrogen-bond donors (Lipinski definition) is 0. The van der Waals surface area contributed by atoms with Crippen molar-refractivity contribution in [1.29, 1.82) is 0 Å². The number of rotatable bonds is 7. The number of aromatic nitrogens is 3. The van der Waals surface area contributed by atoms with Gasteiger partial charge in [-0.2, -0.15) is 0 Å². The number of fused-ring (bicyclic) bond motifs is 1. The minimum absolute atomic E-state index is 0.119. The Morgan fingerprint density at radius 2 is 2.05 bits per heavy atom. The highest BCUT2D eigenvalue weighted by Gasteiger charge is 2.15. The first-order valence-corrected chi connectivity index (χ1v) is 8.01. The van der Waals surface area contributed by atoms with Gasteiger partial charge in [-0.25, -0.2) is 9.97 Å². The molecular formula is C16H24ClN3O. The molecule has 2 heterocycles. The van der Waals surface area contributed by atoms with E-state index in [4.69, 9.17) is 16.3 Å². The SMILES string of the molecule is Cc1cnc2c(c1)nc(C(C)Cl)n2CCCCOC(C)C. The lowest BCUT2D eigenvalue weighted by Crippen LogP contribution is -2.08. The van der Waals surface area contributed by atoms with E-state index >= 15 is 0 Å². The van der Waals surface area contributed by atoms with Gasteiger partial charge in [-0.05, 0) is 52.2 Å².